The number of rotatable bonds is 8. The van der Waals surface area contributed by atoms with Gasteiger partial charge in [0.2, 0.25) is 11.8 Å². The fourth-order valence-corrected chi connectivity index (χ4v) is 3.29. The number of nitrogens with zero attached hydrogens (tertiary/aromatic N) is 2. The van der Waals surface area contributed by atoms with Crippen molar-refractivity contribution in [3.05, 3.63) is 30.3 Å². The van der Waals surface area contributed by atoms with Crippen LogP contribution in [0.25, 0.3) is 0 Å². The van der Waals surface area contributed by atoms with Gasteiger partial charge in [-0.1, -0.05) is 31.5 Å². The predicted molar refractivity (Wildman–Crippen MR) is 105 cm³/mol. The average Bonchev–Trinajstić information content (AvgIpc) is 2.65. The van der Waals surface area contributed by atoms with E-state index in [-0.39, 0.29) is 11.8 Å². The third-order valence-electron chi connectivity index (χ3n) is 4.89. The van der Waals surface area contributed by atoms with Gasteiger partial charge in [0.1, 0.15) is 0 Å². The first-order valence-electron chi connectivity index (χ1n) is 9.59. The van der Waals surface area contributed by atoms with Gasteiger partial charge in [0, 0.05) is 44.8 Å². The van der Waals surface area contributed by atoms with Gasteiger partial charge in [-0.2, -0.15) is 0 Å². The summed E-state index contributed by atoms with van der Waals surface area (Å²) < 4.78 is 0. The molecular weight excluding hydrogens is 328 g/mol. The minimum atomic E-state index is -0.827. The van der Waals surface area contributed by atoms with Crippen LogP contribution in [0.15, 0.2) is 30.3 Å². The van der Waals surface area contributed by atoms with E-state index in [4.69, 9.17) is 5.73 Å². The molecule has 0 radical (unpaired) electrons. The zero-order chi connectivity index (χ0) is 19.0. The molecule has 0 bridgehead atoms. The van der Waals surface area contributed by atoms with Gasteiger partial charge in [-0.3, -0.25) is 9.59 Å². The number of carbonyl (C=O) groups excluding carboxylic acids is 2. The lowest BCUT2D eigenvalue weighted by atomic mass is 9.96. The highest BCUT2D eigenvalue weighted by Gasteiger charge is 2.26. The number of benzene rings is 1. The van der Waals surface area contributed by atoms with Gasteiger partial charge in [0.25, 0.3) is 0 Å². The zero-order valence-electron chi connectivity index (χ0n) is 16.0. The molecule has 1 aliphatic heterocycles. The summed E-state index contributed by atoms with van der Waals surface area (Å²) in [6, 6.07) is 10.3. The van der Waals surface area contributed by atoms with Crippen LogP contribution in [0.3, 0.4) is 0 Å². The molecule has 0 spiro atoms. The minimum Gasteiger partial charge on any atom is -0.368 e. The van der Waals surface area contributed by atoms with Crippen LogP contribution in [0, 0.1) is 0 Å². The number of anilines is 1. The Morgan fingerprint density at radius 1 is 1.15 bits per heavy atom. The lowest BCUT2D eigenvalue weighted by Crippen LogP contribution is -2.51. The molecule has 3 N–H and O–H groups in total. The topological polar surface area (TPSA) is 78.7 Å². The molecule has 1 fully saturated rings. The number of piperazine rings is 1. The highest BCUT2D eigenvalue weighted by atomic mass is 16.2. The number of hydrogen-bond acceptors (Lipinski definition) is 4. The van der Waals surface area contributed by atoms with Crippen LogP contribution in [-0.2, 0) is 9.59 Å². The summed E-state index contributed by atoms with van der Waals surface area (Å²) >= 11 is 0. The Kier molecular flexibility index (Phi) is 7.45. The third-order valence-corrected chi connectivity index (χ3v) is 4.89. The van der Waals surface area contributed by atoms with Crippen molar-refractivity contribution in [2.45, 2.75) is 45.1 Å². The van der Waals surface area contributed by atoms with Crippen LogP contribution in [0.5, 0.6) is 0 Å². The van der Waals surface area contributed by atoms with E-state index in [2.05, 4.69) is 22.3 Å². The summed E-state index contributed by atoms with van der Waals surface area (Å²) in [7, 11) is 0. The van der Waals surface area contributed by atoms with Crippen molar-refractivity contribution in [3.63, 3.8) is 0 Å². The molecule has 1 aromatic carbocycles. The minimum absolute atomic E-state index is 0.136. The quantitative estimate of drug-likeness (QED) is 0.692. The van der Waals surface area contributed by atoms with Crippen molar-refractivity contribution in [2.24, 2.45) is 5.73 Å². The highest BCUT2D eigenvalue weighted by Crippen LogP contribution is 2.16. The molecule has 6 nitrogen and oxygen atoms in total. The predicted octanol–water partition coefficient (Wildman–Crippen LogP) is 1.75. The van der Waals surface area contributed by atoms with E-state index in [0.29, 0.717) is 25.8 Å². The van der Waals surface area contributed by atoms with E-state index in [1.807, 2.05) is 30.0 Å². The third kappa shape index (κ3) is 5.73. The van der Waals surface area contributed by atoms with Gasteiger partial charge in [-0.05, 0) is 31.9 Å². The standard InChI is InChI=1S/C20H32N4O2/c1-3-11-20(2,21)19(26)22-12-7-10-18(25)24-15-13-23(14-16-24)17-8-5-4-6-9-17/h4-6,8-9H,3,7,10-16,21H2,1-2H3,(H,22,26). The highest BCUT2D eigenvalue weighted by molar-refractivity contribution is 5.85. The van der Waals surface area contributed by atoms with Gasteiger partial charge in [0.05, 0.1) is 5.54 Å². The molecule has 1 heterocycles. The molecule has 1 atom stereocenters. The van der Waals surface area contributed by atoms with Gasteiger partial charge < -0.3 is 20.9 Å². The lowest BCUT2D eigenvalue weighted by Gasteiger charge is -2.36. The largest absolute Gasteiger partial charge is 0.368 e. The molecule has 144 valence electrons. The van der Waals surface area contributed by atoms with Crippen molar-refractivity contribution in [1.82, 2.24) is 10.2 Å². The van der Waals surface area contributed by atoms with Gasteiger partial charge >= 0.3 is 0 Å². The molecule has 2 rings (SSSR count). The second kappa shape index (κ2) is 9.57. The van der Waals surface area contributed by atoms with E-state index < -0.39 is 5.54 Å². The second-order valence-electron chi connectivity index (χ2n) is 7.23. The Balaban J connectivity index is 1.66. The SMILES string of the molecule is CCCC(C)(N)C(=O)NCCCC(=O)N1CCN(c2ccccc2)CC1. The molecule has 1 aromatic rings. The molecular formula is C20H32N4O2. The molecule has 26 heavy (non-hydrogen) atoms. The van der Waals surface area contributed by atoms with Gasteiger partial charge in [-0.15, -0.1) is 0 Å². The van der Waals surface area contributed by atoms with Crippen molar-refractivity contribution in [2.75, 3.05) is 37.6 Å². The fourth-order valence-electron chi connectivity index (χ4n) is 3.29. The summed E-state index contributed by atoms with van der Waals surface area (Å²) in [6.45, 7) is 7.46. The Morgan fingerprint density at radius 3 is 2.42 bits per heavy atom. The molecule has 2 amide bonds. The number of carbonyl (C=O) groups is 2. The summed E-state index contributed by atoms with van der Waals surface area (Å²) in [6.07, 6.45) is 2.63. The van der Waals surface area contributed by atoms with Crippen LogP contribution in [-0.4, -0.2) is 55.0 Å². The average molecular weight is 361 g/mol. The first-order valence-corrected chi connectivity index (χ1v) is 9.59. The van der Waals surface area contributed by atoms with Gasteiger partial charge in [-0.25, -0.2) is 0 Å². The molecule has 1 unspecified atom stereocenters. The lowest BCUT2D eigenvalue weighted by molar-refractivity contribution is -0.132. The summed E-state index contributed by atoms with van der Waals surface area (Å²) in [5.41, 5.74) is 6.38. The van der Waals surface area contributed by atoms with Crippen LogP contribution in [0.1, 0.15) is 39.5 Å². The number of hydrogen-bond donors (Lipinski definition) is 2. The molecule has 0 aromatic heterocycles. The summed E-state index contributed by atoms with van der Waals surface area (Å²) in [5, 5.41) is 2.85. The van der Waals surface area contributed by atoms with E-state index >= 15 is 0 Å². The monoisotopic (exact) mass is 360 g/mol. The van der Waals surface area contributed by atoms with Crippen molar-refractivity contribution >= 4 is 17.5 Å². The van der Waals surface area contributed by atoms with Crippen molar-refractivity contribution in [3.8, 4) is 0 Å². The van der Waals surface area contributed by atoms with Crippen molar-refractivity contribution in [1.29, 1.82) is 0 Å². The number of nitrogens with one attached hydrogen (secondary N) is 1. The normalized spacial score (nSPS) is 16.9. The van der Waals surface area contributed by atoms with Crippen LogP contribution in [0.4, 0.5) is 5.69 Å². The van der Waals surface area contributed by atoms with Crippen LogP contribution in [0.2, 0.25) is 0 Å². The Hall–Kier alpha value is -2.08. The molecule has 6 heteroatoms. The van der Waals surface area contributed by atoms with Gasteiger partial charge in [0.15, 0.2) is 0 Å². The number of para-hydroxylation sites is 1. The second-order valence-corrected chi connectivity index (χ2v) is 7.23. The van der Waals surface area contributed by atoms with E-state index in [1.54, 1.807) is 6.92 Å². The summed E-state index contributed by atoms with van der Waals surface area (Å²) in [5.74, 6) is 0.0271. The van der Waals surface area contributed by atoms with E-state index in [0.717, 1.165) is 32.6 Å². The number of nitrogens with two attached hydrogens (primary N) is 1. The van der Waals surface area contributed by atoms with Crippen LogP contribution >= 0.6 is 0 Å². The Labute approximate surface area is 156 Å². The fraction of sp³-hybridized carbons (Fsp3) is 0.600. The van der Waals surface area contributed by atoms with E-state index in [9.17, 15) is 9.59 Å². The maximum atomic E-state index is 12.4. The molecule has 1 aliphatic rings. The maximum absolute atomic E-state index is 12.4. The maximum Gasteiger partial charge on any atom is 0.239 e. The van der Waals surface area contributed by atoms with Crippen molar-refractivity contribution < 1.29 is 9.59 Å². The molecule has 0 saturated carbocycles. The molecule has 1 saturated heterocycles. The molecule has 0 aliphatic carbocycles. The van der Waals surface area contributed by atoms with Crippen LogP contribution < -0.4 is 16.0 Å². The first-order chi connectivity index (χ1) is 12.4. The Morgan fingerprint density at radius 2 is 1.81 bits per heavy atom. The smallest absolute Gasteiger partial charge is 0.239 e. The summed E-state index contributed by atoms with van der Waals surface area (Å²) in [4.78, 5) is 28.6. The number of amides is 2. The zero-order valence-corrected chi connectivity index (χ0v) is 16.0. The first kappa shape index (κ1) is 20.2. The van der Waals surface area contributed by atoms with E-state index in [1.165, 1.54) is 5.69 Å². The Bertz CT molecular complexity index is 581.